The molecule has 2 aliphatic rings. The third-order valence-corrected chi connectivity index (χ3v) is 8.11. The summed E-state index contributed by atoms with van der Waals surface area (Å²) in [5.41, 5.74) is 2.75. The van der Waals surface area contributed by atoms with Gasteiger partial charge in [0.25, 0.3) is 5.91 Å². The molecule has 3 aromatic rings. The molecule has 3 heterocycles. The Morgan fingerprint density at radius 3 is 2.35 bits per heavy atom. The highest BCUT2D eigenvalue weighted by molar-refractivity contribution is 7.93. The number of aromatic nitrogens is 2. The molecular weight excluding hydrogens is 416 g/mol. The van der Waals surface area contributed by atoms with Gasteiger partial charge in [-0.1, -0.05) is 12.1 Å². The topological polar surface area (TPSA) is 95.5 Å². The van der Waals surface area contributed by atoms with E-state index in [1.807, 2.05) is 28.8 Å². The number of rotatable bonds is 3. The molecule has 9 heteroatoms. The first kappa shape index (κ1) is 19.9. The maximum atomic E-state index is 13.0. The van der Waals surface area contributed by atoms with E-state index < -0.39 is 10.0 Å². The minimum atomic E-state index is -3.23. The SMILES string of the molecule is O=C(c1ccc(N2CCCS2(=O)=O)cc1)N1CCC(n2c(=O)[nH]c3ccccc32)CC1. The van der Waals surface area contributed by atoms with Gasteiger partial charge in [0.05, 0.1) is 22.5 Å². The van der Waals surface area contributed by atoms with Gasteiger partial charge in [-0.3, -0.25) is 13.7 Å². The van der Waals surface area contributed by atoms with Crippen molar-refractivity contribution in [1.29, 1.82) is 0 Å². The minimum absolute atomic E-state index is 0.0513. The predicted molar refractivity (Wildman–Crippen MR) is 119 cm³/mol. The number of carbonyl (C=O) groups is 1. The van der Waals surface area contributed by atoms with Crippen molar-refractivity contribution in [3.05, 3.63) is 64.6 Å². The van der Waals surface area contributed by atoms with Crippen LogP contribution in [0.2, 0.25) is 0 Å². The van der Waals surface area contributed by atoms with Gasteiger partial charge in [0.1, 0.15) is 0 Å². The summed E-state index contributed by atoms with van der Waals surface area (Å²) >= 11 is 0. The number of sulfonamides is 1. The molecule has 2 aromatic carbocycles. The van der Waals surface area contributed by atoms with Gasteiger partial charge in [0.15, 0.2) is 0 Å². The van der Waals surface area contributed by atoms with Gasteiger partial charge in [-0.15, -0.1) is 0 Å². The van der Waals surface area contributed by atoms with E-state index in [2.05, 4.69) is 4.98 Å². The summed E-state index contributed by atoms with van der Waals surface area (Å²) in [7, 11) is -3.23. The van der Waals surface area contributed by atoms with Crippen LogP contribution in [-0.2, 0) is 10.0 Å². The number of piperidine rings is 1. The molecule has 0 saturated carbocycles. The maximum Gasteiger partial charge on any atom is 0.326 e. The zero-order chi connectivity index (χ0) is 21.6. The highest BCUT2D eigenvalue weighted by Gasteiger charge is 2.29. The first-order valence-electron chi connectivity index (χ1n) is 10.5. The first-order valence-corrected chi connectivity index (χ1v) is 12.1. The van der Waals surface area contributed by atoms with E-state index in [9.17, 15) is 18.0 Å². The molecule has 2 saturated heterocycles. The number of fused-ring (bicyclic) bond motifs is 1. The van der Waals surface area contributed by atoms with Crippen LogP contribution in [0.5, 0.6) is 0 Å². The fraction of sp³-hybridized carbons (Fsp3) is 0.364. The van der Waals surface area contributed by atoms with Crippen molar-refractivity contribution in [2.24, 2.45) is 0 Å². The summed E-state index contributed by atoms with van der Waals surface area (Å²) in [4.78, 5) is 30.1. The Balaban J connectivity index is 1.28. The Hall–Kier alpha value is -3.07. The molecule has 31 heavy (non-hydrogen) atoms. The maximum absolute atomic E-state index is 13.0. The molecule has 8 nitrogen and oxygen atoms in total. The number of anilines is 1. The number of hydrogen-bond donors (Lipinski definition) is 1. The van der Waals surface area contributed by atoms with Gasteiger partial charge in [-0.05, 0) is 55.7 Å². The number of aromatic amines is 1. The number of amides is 1. The van der Waals surface area contributed by atoms with Crippen LogP contribution >= 0.6 is 0 Å². The normalized spacial score (nSPS) is 19.2. The van der Waals surface area contributed by atoms with Gasteiger partial charge in [0.2, 0.25) is 10.0 Å². The highest BCUT2D eigenvalue weighted by atomic mass is 32.2. The molecule has 0 aliphatic carbocycles. The lowest BCUT2D eigenvalue weighted by Crippen LogP contribution is -2.40. The zero-order valence-electron chi connectivity index (χ0n) is 17.0. The van der Waals surface area contributed by atoms with Crippen LogP contribution in [0.4, 0.5) is 5.69 Å². The monoisotopic (exact) mass is 440 g/mol. The lowest BCUT2D eigenvalue weighted by Gasteiger charge is -2.32. The van der Waals surface area contributed by atoms with Crippen molar-refractivity contribution in [1.82, 2.24) is 14.5 Å². The van der Waals surface area contributed by atoms with Crippen LogP contribution in [0.1, 0.15) is 35.7 Å². The lowest BCUT2D eigenvalue weighted by atomic mass is 10.0. The smallest absolute Gasteiger partial charge is 0.326 e. The number of nitrogens with one attached hydrogen (secondary N) is 1. The molecular formula is C22H24N4O4S. The summed E-state index contributed by atoms with van der Waals surface area (Å²) in [6, 6.07) is 14.5. The van der Waals surface area contributed by atoms with Crippen LogP contribution < -0.4 is 9.99 Å². The fourth-order valence-corrected chi connectivity index (χ4v) is 6.21. The highest BCUT2D eigenvalue weighted by Crippen LogP contribution is 2.27. The number of H-pyrrole nitrogens is 1. The van der Waals surface area contributed by atoms with Crippen LogP contribution in [0.3, 0.4) is 0 Å². The molecule has 2 aliphatic heterocycles. The van der Waals surface area contributed by atoms with Crippen molar-refractivity contribution in [2.45, 2.75) is 25.3 Å². The summed E-state index contributed by atoms with van der Waals surface area (Å²) in [6.45, 7) is 1.62. The molecule has 0 spiro atoms. The standard InChI is InChI=1S/C22H24N4O4S/c27-21(16-6-8-17(9-7-16)25-12-3-15-31(25,29)30)24-13-10-18(11-14-24)26-20-5-2-1-4-19(20)23-22(26)28/h1-2,4-9,18H,3,10-15H2,(H,23,28). The van der Waals surface area contributed by atoms with Crippen molar-refractivity contribution in [3.8, 4) is 0 Å². The largest absolute Gasteiger partial charge is 0.338 e. The Morgan fingerprint density at radius 2 is 1.68 bits per heavy atom. The van der Waals surface area contributed by atoms with Crippen molar-refractivity contribution in [2.75, 3.05) is 29.7 Å². The molecule has 1 aromatic heterocycles. The number of para-hydroxylation sites is 2. The number of hydrogen-bond acceptors (Lipinski definition) is 4. The Kier molecular flexibility index (Phi) is 4.85. The summed E-state index contributed by atoms with van der Waals surface area (Å²) in [5.74, 6) is 0.0999. The van der Waals surface area contributed by atoms with E-state index in [0.29, 0.717) is 50.1 Å². The van der Waals surface area contributed by atoms with E-state index in [-0.39, 0.29) is 23.4 Å². The van der Waals surface area contributed by atoms with Crippen molar-refractivity contribution < 1.29 is 13.2 Å². The van der Waals surface area contributed by atoms with Crippen LogP contribution in [-0.4, -0.2) is 54.2 Å². The molecule has 2 fully saturated rings. The number of imidazole rings is 1. The van der Waals surface area contributed by atoms with E-state index >= 15 is 0 Å². The van der Waals surface area contributed by atoms with Gasteiger partial charge >= 0.3 is 5.69 Å². The average molecular weight is 441 g/mol. The Morgan fingerprint density at radius 1 is 0.968 bits per heavy atom. The molecule has 5 rings (SSSR count). The molecule has 0 atom stereocenters. The van der Waals surface area contributed by atoms with Crippen LogP contribution in [0, 0.1) is 0 Å². The summed E-state index contributed by atoms with van der Waals surface area (Å²) < 4.78 is 27.4. The van der Waals surface area contributed by atoms with Gasteiger partial charge in [-0.2, -0.15) is 0 Å². The van der Waals surface area contributed by atoms with Crippen molar-refractivity contribution >= 4 is 32.7 Å². The Labute approximate surface area is 180 Å². The molecule has 1 amide bonds. The first-order chi connectivity index (χ1) is 14.9. The molecule has 0 bridgehead atoms. The lowest BCUT2D eigenvalue weighted by molar-refractivity contribution is 0.0695. The molecule has 0 unspecified atom stereocenters. The van der Waals surface area contributed by atoms with E-state index in [0.717, 1.165) is 11.0 Å². The van der Waals surface area contributed by atoms with Crippen molar-refractivity contribution in [3.63, 3.8) is 0 Å². The average Bonchev–Trinajstić information content (AvgIpc) is 3.31. The molecule has 162 valence electrons. The molecule has 0 radical (unpaired) electrons. The third-order valence-electron chi connectivity index (χ3n) is 6.24. The van der Waals surface area contributed by atoms with E-state index in [1.165, 1.54) is 4.31 Å². The quantitative estimate of drug-likeness (QED) is 0.676. The number of carbonyl (C=O) groups excluding carboxylic acids is 1. The van der Waals surface area contributed by atoms with Gasteiger partial charge in [0, 0.05) is 31.2 Å². The van der Waals surface area contributed by atoms with Gasteiger partial charge in [-0.25, -0.2) is 13.2 Å². The number of benzene rings is 2. The van der Waals surface area contributed by atoms with Gasteiger partial charge < -0.3 is 9.88 Å². The van der Waals surface area contributed by atoms with E-state index in [4.69, 9.17) is 0 Å². The summed E-state index contributed by atoms with van der Waals surface area (Å²) in [6.07, 6.45) is 2.03. The fourth-order valence-electron chi connectivity index (χ4n) is 4.65. The van der Waals surface area contributed by atoms with Crippen LogP contribution in [0.25, 0.3) is 11.0 Å². The minimum Gasteiger partial charge on any atom is -0.338 e. The molecule has 1 N–H and O–H groups in total. The second-order valence-electron chi connectivity index (χ2n) is 8.13. The second-order valence-corrected chi connectivity index (χ2v) is 10.1. The third kappa shape index (κ3) is 3.52. The van der Waals surface area contributed by atoms with Crippen LogP contribution in [0.15, 0.2) is 53.3 Å². The zero-order valence-corrected chi connectivity index (χ0v) is 17.8. The van der Waals surface area contributed by atoms with E-state index in [1.54, 1.807) is 29.2 Å². The second kappa shape index (κ2) is 7.56. The summed E-state index contributed by atoms with van der Waals surface area (Å²) in [5, 5.41) is 0. The number of nitrogens with zero attached hydrogens (tertiary/aromatic N) is 3. The number of likely N-dealkylation sites (tertiary alicyclic amines) is 1. The predicted octanol–water partition coefficient (Wildman–Crippen LogP) is 2.35. The Bertz CT molecular complexity index is 1290.